The summed E-state index contributed by atoms with van der Waals surface area (Å²) in [5, 5.41) is 7.52. The fourth-order valence-corrected chi connectivity index (χ4v) is 13.4. The van der Waals surface area contributed by atoms with E-state index in [0.29, 0.717) is 17.5 Å². The maximum atomic E-state index is 5.39. The number of aromatic nitrogens is 6. The Bertz CT molecular complexity index is 4560. The van der Waals surface area contributed by atoms with Gasteiger partial charge in [0, 0.05) is 71.4 Å². The van der Waals surface area contributed by atoms with E-state index < -0.39 is 0 Å². The van der Waals surface area contributed by atoms with Gasteiger partial charge in [0.2, 0.25) is 0 Å². The Morgan fingerprint density at radius 1 is 0.325 bits per heavy atom. The predicted molar refractivity (Wildman–Crippen MR) is 339 cm³/mol. The molecule has 9 aromatic carbocycles. The van der Waals surface area contributed by atoms with Crippen molar-refractivity contribution in [3.05, 3.63) is 198 Å². The van der Waals surface area contributed by atoms with Gasteiger partial charge in [0.15, 0.2) is 17.5 Å². The first kappa shape index (κ1) is 48.6. The van der Waals surface area contributed by atoms with E-state index in [1.165, 1.54) is 99.0 Å². The van der Waals surface area contributed by atoms with Gasteiger partial charge in [-0.25, -0.2) is 15.0 Å². The molecular formula is C73H65BN6. The van der Waals surface area contributed by atoms with Crippen LogP contribution in [0.2, 0.25) is 0 Å². The molecule has 0 saturated heterocycles. The van der Waals surface area contributed by atoms with E-state index in [2.05, 4.69) is 236 Å². The highest BCUT2D eigenvalue weighted by Crippen LogP contribution is 2.46. The Morgan fingerprint density at radius 3 is 1.24 bits per heavy atom. The van der Waals surface area contributed by atoms with Crippen LogP contribution in [0.25, 0.3) is 117 Å². The topological polar surface area (TPSA) is 53.5 Å². The van der Waals surface area contributed by atoms with E-state index >= 15 is 0 Å². The first-order valence-electron chi connectivity index (χ1n) is 28.6. The molecule has 7 heteroatoms. The second kappa shape index (κ2) is 16.5. The monoisotopic (exact) mass is 1040 g/mol. The average Bonchev–Trinajstić information content (AvgIpc) is 3.79. The van der Waals surface area contributed by atoms with Crippen LogP contribution in [0.4, 0.5) is 0 Å². The molecule has 13 aromatic rings. The fourth-order valence-electron chi connectivity index (χ4n) is 13.4. The van der Waals surface area contributed by atoms with Crippen LogP contribution in [0.5, 0.6) is 0 Å². The molecular weight excluding hydrogens is 972 g/mol. The lowest BCUT2D eigenvalue weighted by molar-refractivity contribution is 0.590. The van der Waals surface area contributed by atoms with E-state index in [0.717, 1.165) is 38.8 Å². The van der Waals surface area contributed by atoms with E-state index in [1.54, 1.807) is 0 Å². The summed E-state index contributed by atoms with van der Waals surface area (Å²) in [6.45, 7) is 28.2. The molecule has 0 spiro atoms. The zero-order chi connectivity index (χ0) is 55.1. The second-order valence-corrected chi connectivity index (χ2v) is 27.0. The van der Waals surface area contributed by atoms with Crippen LogP contribution in [-0.2, 0) is 21.7 Å². The molecule has 0 amide bonds. The average molecular weight is 1040 g/mol. The van der Waals surface area contributed by atoms with E-state index in [1.807, 2.05) is 36.4 Å². The van der Waals surface area contributed by atoms with Crippen molar-refractivity contribution >= 4 is 88.5 Å². The third-order valence-electron chi connectivity index (χ3n) is 17.7. The van der Waals surface area contributed by atoms with E-state index in [-0.39, 0.29) is 28.4 Å². The minimum absolute atomic E-state index is 0.0378. The van der Waals surface area contributed by atoms with Crippen molar-refractivity contribution in [1.29, 1.82) is 0 Å². The highest BCUT2D eigenvalue weighted by molar-refractivity contribution is 7.00. The van der Waals surface area contributed by atoms with Crippen molar-refractivity contribution < 1.29 is 0 Å². The van der Waals surface area contributed by atoms with Gasteiger partial charge in [0.05, 0.1) is 27.8 Å². The van der Waals surface area contributed by atoms with Gasteiger partial charge in [0.1, 0.15) is 0 Å². The third kappa shape index (κ3) is 7.08. The number of rotatable bonds is 4. The Morgan fingerprint density at radius 2 is 0.750 bits per heavy atom. The first-order chi connectivity index (χ1) is 38.2. The number of para-hydroxylation sites is 2. The quantitative estimate of drug-likeness (QED) is 0.165. The summed E-state index contributed by atoms with van der Waals surface area (Å²) in [5.41, 5.74) is 22.7. The largest absolute Gasteiger partial charge is 0.310 e. The predicted octanol–water partition coefficient (Wildman–Crippen LogP) is 16.5. The van der Waals surface area contributed by atoms with E-state index in [9.17, 15) is 0 Å². The van der Waals surface area contributed by atoms with Crippen LogP contribution >= 0.6 is 0 Å². The van der Waals surface area contributed by atoms with Gasteiger partial charge in [-0.3, -0.25) is 0 Å². The summed E-state index contributed by atoms with van der Waals surface area (Å²) >= 11 is 0. The first-order valence-corrected chi connectivity index (χ1v) is 28.6. The molecule has 6 heterocycles. The molecule has 0 fully saturated rings. The number of fused-ring (bicyclic) bond motifs is 13. The molecule has 0 atom stereocenters. The highest BCUT2D eigenvalue weighted by Gasteiger charge is 2.43. The lowest BCUT2D eigenvalue weighted by Crippen LogP contribution is -2.59. The van der Waals surface area contributed by atoms with Crippen molar-refractivity contribution in [3.8, 4) is 51.2 Å². The molecule has 15 rings (SSSR count). The van der Waals surface area contributed by atoms with Gasteiger partial charge in [0.25, 0.3) is 6.71 Å². The fraction of sp³-hybridized carbons (Fsp3) is 0.219. The SMILES string of the molecule is CC(C)(C)c1ccc2c(c1)c1cc(C(C)(C)C)cc3c1n2-c1cc(-n2c4ccccc4c4cccc(-c5nc(-c6ccccc6)nc(-c6ccccc6)n5)c42)cc2c1B3c1cc(C(C)(C)C)cc3c4cc(C(C)(C)C)ccc4n-2c13. The zero-order valence-corrected chi connectivity index (χ0v) is 48.0. The molecule has 2 aliphatic rings. The van der Waals surface area contributed by atoms with Gasteiger partial charge in [-0.05, 0) is 121 Å². The summed E-state index contributed by atoms with van der Waals surface area (Å²) in [6, 6.07) is 66.0. The van der Waals surface area contributed by atoms with Gasteiger partial charge < -0.3 is 13.7 Å². The summed E-state index contributed by atoms with van der Waals surface area (Å²) in [4.78, 5) is 15.9. The van der Waals surface area contributed by atoms with E-state index in [4.69, 9.17) is 15.0 Å². The minimum Gasteiger partial charge on any atom is -0.310 e. The Balaban J connectivity index is 1.13. The summed E-state index contributed by atoms with van der Waals surface area (Å²) in [7, 11) is 0. The Labute approximate surface area is 468 Å². The maximum absolute atomic E-state index is 5.39. The zero-order valence-electron chi connectivity index (χ0n) is 48.0. The molecule has 0 aliphatic carbocycles. The summed E-state index contributed by atoms with van der Waals surface area (Å²) < 4.78 is 7.81. The molecule has 0 N–H and O–H groups in total. The van der Waals surface area contributed by atoms with Crippen molar-refractivity contribution in [1.82, 2.24) is 28.7 Å². The molecule has 4 aromatic heterocycles. The highest BCUT2D eigenvalue weighted by atomic mass is 15.1. The van der Waals surface area contributed by atoms with Crippen molar-refractivity contribution in [3.63, 3.8) is 0 Å². The Kier molecular flexibility index (Phi) is 10.0. The normalized spacial score (nSPS) is 13.5. The maximum Gasteiger partial charge on any atom is 0.252 e. The molecule has 6 nitrogen and oxygen atoms in total. The summed E-state index contributed by atoms with van der Waals surface area (Å²) in [6.07, 6.45) is 0. The number of benzene rings is 9. The van der Waals surface area contributed by atoms with Crippen molar-refractivity contribution in [2.45, 2.75) is 105 Å². The summed E-state index contributed by atoms with van der Waals surface area (Å²) in [5.74, 6) is 1.90. The van der Waals surface area contributed by atoms with Crippen LogP contribution in [0.1, 0.15) is 105 Å². The molecule has 0 unspecified atom stereocenters. The third-order valence-corrected chi connectivity index (χ3v) is 17.7. The standard InChI is InChI=1S/C73H65BN6/c1-70(2,3)44-30-32-59-52(34-44)54-36-46(72(7,8)9)38-56-65(54)79(59)61-40-48(41-62-63(61)74(56)57-39-47(73(10,11)12)37-55-53-35-45(71(4,5)6)31-33-60(53)80(62)66(55)57)78-58-29-20-19-26-49(58)50-27-21-28-51(64(50)78)69-76-67(42-22-15-13-16-23-42)75-68(77-69)43-24-17-14-18-25-43/h13-41H,1-12H3. The lowest BCUT2D eigenvalue weighted by atomic mass is 9.34. The van der Waals surface area contributed by atoms with Crippen molar-refractivity contribution in [2.75, 3.05) is 0 Å². The number of hydrogen-bond donors (Lipinski definition) is 0. The molecule has 80 heavy (non-hydrogen) atoms. The van der Waals surface area contributed by atoms with Crippen LogP contribution in [0.3, 0.4) is 0 Å². The van der Waals surface area contributed by atoms with Gasteiger partial charge >= 0.3 is 0 Å². The number of nitrogens with zero attached hydrogens (tertiary/aromatic N) is 6. The van der Waals surface area contributed by atoms with Crippen LogP contribution in [0.15, 0.2) is 176 Å². The lowest BCUT2D eigenvalue weighted by Gasteiger charge is -2.36. The van der Waals surface area contributed by atoms with Crippen LogP contribution in [-0.4, -0.2) is 35.4 Å². The number of hydrogen-bond acceptors (Lipinski definition) is 3. The second-order valence-electron chi connectivity index (χ2n) is 27.0. The van der Waals surface area contributed by atoms with Crippen LogP contribution < -0.4 is 16.4 Å². The minimum atomic E-state index is -0.0975. The Hall–Kier alpha value is -8.55. The molecule has 2 aliphatic heterocycles. The molecule has 0 bridgehead atoms. The van der Waals surface area contributed by atoms with Crippen molar-refractivity contribution in [2.24, 2.45) is 0 Å². The molecule has 0 radical (unpaired) electrons. The van der Waals surface area contributed by atoms with Gasteiger partial charge in [-0.2, -0.15) is 0 Å². The van der Waals surface area contributed by atoms with Crippen LogP contribution in [0, 0.1) is 0 Å². The van der Waals surface area contributed by atoms with Gasteiger partial charge in [-0.1, -0.05) is 198 Å². The molecule has 390 valence electrons. The van der Waals surface area contributed by atoms with Gasteiger partial charge in [-0.15, -0.1) is 0 Å². The smallest absolute Gasteiger partial charge is 0.252 e. The molecule has 0 saturated carbocycles.